The number of hydrogen-bond acceptors (Lipinski definition) is 7. The van der Waals surface area contributed by atoms with E-state index in [1.807, 2.05) is 0 Å². The molecule has 11 heteroatoms. The molecule has 5 rings (SSSR count). The van der Waals surface area contributed by atoms with Gasteiger partial charge in [0.1, 0.15) is 23.1 Å². The number of anilines is 1. The minimum atomic E-state index is -3.94. The Labute approximate surface area is 212 Å². The number of pyridine rings is 1. The number of sulfonamides is 1. The highest BCUT2D eigenvalue weighted by atomic mass is 32.2. The molecule has 3 heterocycles. The molecule has 1 aliphatic heterocycles. The van der Waals surface area contributed by atoms with Gasteiger partial charge in [0.05, 0.1) is 28.9 Å². The quantitative estimate of drug-likeness (QED) is 0.358. The lowest BCUT2D eigenvalue weighted by Crippen LogP contribution is -2.47. The average molecular weight is 527 g/mol. The molecule has 2 aromatic heterocycles. The summed E-state index contributed by atoms with van der Waals surface area (Å²) in [5.74, 6) is -0.368. The maximum absolute atomic E-state index is 14.4. The minimum absolute atomic E-state index is 0.0774. The number of halogens is 1. The molecule has 0 bridgehead atoms. The Bertz CT molecular complexity index is 1490. The fourth-order valence-corrected chi connectivity index (χ4v) is 6.89. The van der Waals surface area contributed by atoms with E-state index >= 15 is 0 Å². The van der Waals surface area contributed by atoms with E-state index in [4.69, 9.17) is 4.74 Å². The van der Waals surface area contributed by atoms with Gasteiger partial charge in [-0.1, -0.05) is 23.5 Å². The number of thiazole rings is 1. The third-order valence-corrected chi connectivity index (χ3v) is 9.02. The summed E-state index contributed by atoms with van der Waals surface area (Å²) in [7, 11) is -2.44. The molecule has 0 N–H and O–H groups in total. The standard InChI is InChI=1S/C25H23FN4O4S2/c1-34-18-10-12-19(13-11-18)36(32,33)30-15-5-8-21(30)24(31)29(16-17-6-2-3-14-27-17)25-28-23-20(26)7-4-9-22(23)35-25/h2-4,6-7,9-14,21H,5,8,15-16H2,1H3. The van der Waals surface area contributed by atoms with Crippen molar-refractivity contribution in [1.29, 1.82) is 0 Å². The van der Waals surface area contributed by atoms with Crippen molar-refractivity contribution in [1.82, 2.24) is 14.3 Å². The van der Waals surface area contributed by atoms with Gasteiger partial charge in [0.25, 0.3) is 0 Å². The van der Waals surface area contributed by atoms with Crippen molar-refractivity contribution in [3.8, 4) is 5.75 Å². The van der Waals surface area contributed by atoms with E-state index in [0.717, 1.165) is 0 Å². The smallest absolute Gasteiger partial charge is 0.247 e. The summed E-state index contributed by atoms with van der Waals surface area (Å²) in [6, 6.07) is 15.1. The normalized spacial score (nSPS) is 16.3. The highest BCUT2D eigenvalue weighted by Gasteiger charge is 2.42. The van der Waals surface area contributed by atoms with Gasteiger partial charge in [-0.15, -0.1) is 0 Å². The third kappa shape index (κ3) is 4.57. The molecule has 0 saturated carbocycles. The summed E-state index contributed by atoms with van der Waals surface area (Å²) in [6.45, 7) is 0.296. The van der Waals surface area contributed by atoms with Crippen LogP contribution in [0.1, 0.15) is 18.5 Å². The molecule has 2 aromatic carbocycles. The third-order valence-electron chi connectivity index (χ3n) is 6.06. The number of benzene rings is 2. The number of methoxy groups -OCH3 is 1. The maximum atomic E-state index is 14.4. The van der Waals surface area contributed by atoms with Crippen LogP contribution in [0.25, 0.3) is 10.2 Å². The highest BCUT2D eigenvalue weighted by molar-refractivity contribution is 7.89. The summed E-state index contributed by atoms with van der Waals surface area (Å²) in [5.41, 5.74) is 0.776. The average Bonchev–Trinajstić information content (AvgIpc) is 3.56. The Morgan fingerprint density at radius 1 is 1.17 bits per heavy atom. The van der Waals surface area contributed by atoms with Gasteiger partial charge < -0.3 is 4.74 Å². The first-order chi connectivity index (χ1) is 17.4. The van der Waals surface area contributed by atoms with Gasteiger partial charge >= 0.3 is 0 Å². The first-order valence-corrected chi connectivity index (χ1v) is 13.6. The molecule has 1 saturated heterocycles. The van der Waals surface area contributed by atoms with Crippen molar-refractivity contribution in [3.63, 3.8) is 0 Å². The molecule has 1 unspecified atom stereocenters. The summed E-state index contributed by atoms with van der Waals surface area (Å²) in [5, 5.41) is 0.291. The molecule has 1 fully saturated rings. The molecule has 0 radical (unpaired) electrons. The number of fused-ring (bicyclic) bond motifs is 1. The monoisotopic (exact) mass is 526 g/mol. The fraction of sp³-hybridized carbons (Fsp3) is 0.240. The van der Waals surface area contributed by atoms with Gasteiger partial charge in [0, 0.05) is 12.7 Å². The van der Waals surface area contributed by atoms with E-state index in [2.05, 4.69) is 9.97 Å². The Morgan fingerprint density at radius 3 is 2.67 bits per heavy atom. The molecular formula is C25H23FN4O4S2. The minimum Gasteiger partial charge on any atom is -0.497 e. The molecule has 4 aromatic rings. The van der Waals surface area contributed by atoms with Gasteiger partial charge in [-0.2, -0.15) is 4.31 Å². The van der Waals surface area contributed by atoms with E-state index in [9.17, 15) is 17.6 Å². The number of nitrogens with zero attached hydrogens (tertiary/aromatic N) is 4. The lowest BCUT2D eigenvalue weighted by Gasteiger charge is -2.28. The van der Waals surface area contributed by atoms with Crippen LogP contribution in [0, 0.1) is 5.82 Å². The zero-order valence-corrected chi connectivity index (χ0v) is 21.0. The van der Waals surface area contributed by atoms with Crippen molar-refractivity contribution in [2.24, 2.45) is 0 Å². The number of carbonyl (C=O) groups excluding carboxylic acids is 1. The molecule has 8 nitrogen and oxygen atoms in total. The van der Waals surface area contributed by atoms with Crippen LogP contribution in [0.2, 0.25) is 0 Å². The molecule has 36 heavy (non-hydrogen) atoms. The van der Waals surface area contributed by atoms with Crippen LogP contribution in [-0.2, 0) is 21.4 Å². The number of aromatic nitrogens is 2. The number of carbonyl (C=O) groups is 1. The van der Waals surface area contributed by atoms with E-state index in [1.54, 1.807) is 48.7 Å². The summed E-state index contributed by atoms with van der Waals surface area (Å²) < 4.78 is 48.3. The molecule has 1 atom stereocenters. The largest absolute Gasteiger partial charge is 0.497 e. The molecule has 186 valence electrons. The summed E-state index contributed by atoms with van der Waals surface area (Å²) >= 11 is 1.18. The van der Waals surface area contributed by atoms with E-state index in [1.165, 1.54) is 45.9 Å². The van der Waals surface area contributed by atoms with Crippen LogP contribution < -0.4 is 9.64 Å². The maximum Gasteiger partial charge on any atom is 0.247 e. The van der Waals surface area contributed by atoms with Crippen LogP contribution in [0.3, 0.4) is 0 Å². The van der Waals surface area contributed by atoms with Crippen molar-refractivity contribution < 1.29 is 22.3 Å². The van der Waals surface area contributed by atoms with Gasteiger partial charge in [-0.3, -0.25) is 14.7 Å². The lowest BCUT2D eigenvalue weighted by atomic mass is 10.2. The van der Waals surface area contributed by atoms with Gasteiger partial charge in [0.15, 0.2) is 5.13 Å². The van der Waals surface area contributed by atoms with Crippen molar-refractivity contribution in [2.75, 3.05) is 18.6 Å². The number of ether oxygens (including phenoxy) is 1. The molecule has 0 spiro atoms. The topological polar surface area (TPSA) is 92.7 Å². The number of rotatable bonds is 7. The Hall–Kier alpha value is -3.41. The molecule has 1 aliphatic rings. The van der Waals surface area contributed by atoms with Crippen LogP contribution in [0.4, 0.5) is 9.52 Å². The fourth-order valence-electron chi connectivity index (χ4n) is 4.25. The van der Waals surface area contributed by atoms with Crippen LogP contribution >= 0.6 is 11.3 Å². The molecule has 1 amide bonds. The highest BCUT2D eigenvalue weighted by Crippen LogP contribution is 2.34. The Balaban J connectivity index is 1.51. The van der Waals surface area contributed by atoms with Crippen LogP contribution in [0.15, 0.2) is 71.8 Å². The number of hydrogen-bond donors (Lipinski definition) is 0. The second-order valence-corrected chi connectivity index (χ2v) is 11.2. The van der Waals surface area contributed by atoms with Crippen molar-refractivity contribution in [3.05, 3.63) is 78.4 Å². The number of amides is 1. The van der Waals surface area contributed by atoms with Crippen molar-refractivity contribution in [2.45, 2.75) is 30.3 Å². The molecular weight excluding hydrogens is 503 g/mol. The summed E-state index contributed by atoms with van der Waals surface area (Å²) in [4.78, 5) is 24.2. The lowest BCUT2D eigenvalue weighted by molar-refractivity contribution is -0.121. The first kappa shape index (κ1) is 24.3. The van der Waals surface area contributed by atoms with E-state index in [-0.39, 0.29) is 23.5 Å². The Kier molecular flexibility index (Phi) is 6.69. The van der Waals surface area contributed by atoms with Crippen LogP contribution in [-0.4, -0.2) is 48.3 Å². The van der Waals surface area contributed by atoms with Crippen molar-refractivity contribution >= 4 is 42.6 Å². The molecule has 0 aliphatic carbocycles. The predicted molar refractivity (Wildman–Crippen MR) is 135 cm³/mol. The zero-order valence-electron chi connectivity index (χ0n) is 19.4. The van der Waals surface area contributed by atoms with E-state index in [0.29, 0.717) is 34.1 Å². The SMILES string of the molecule is COc1ccc(S(=O)(=O)N2CCCC2C(=O)N(Cc2ccccn2)c2nc3c(F)cccc3s2)cc1. The second kappa shape index (κ2) is 9.92. The summed E-state index contributed by atoms with van der Waals surface area (Å²) in [6.07, 6.45) is 2.52. The number of para-hydroxylation sites is 1. The van der Waals surface area contributed by atoms with Crippen LogP contribution in [0.5, 0.6) is 5.75 Å². The Morgan fingerprint density at radius 2 is 1.97 bits per heavy atom. The zero-order chi connectivity index (χ0) is 25.3. The van der Waals surface area contributed by atoms with Gasteiger partial charge in [-0.05, 0) is 61.4 Å². The first-order valence-electron chi connectivity index (χ1n) is 11.3. The predicted octanol–water partition coefficient (Wildman–Crippen LogP) is 4.23. The van der Waals surface area contributed by atoms with E-state index < -0.39 is 27.8 Å². The van der Waals surface area contributed by atoms with Gasteiger partial charge in [-0.25, -0.2) is 17.8 Å². The second-order valence-electron chi connectivity index (χ2n) is 8.28. The van der Waals surface area contributed by atoms with Gasteiger partial charge in [0.2, 0.25) is 15.9 Å².